The van der Waals surface area contributed by atoms with Crippen LogP contribution in [0, 0.1) is 6.92 Å². The number of nitrogens with one attached hydrogen (secondary N) is 1. The van der Waals surface area contributed by atoms with Crippen LogP contribution in [0.25, 0.3) is 0 Å². The number of hydrogen-bond donors (Lipinski definition) is 1. The zero-order valence-corrected chi connectivity index (χ0v) is 19.4. The smallest absolute Gasteiger partial charge is 0.260 e. The fraction of sp³-hybridized carbons (Fsp3) is 0.583. The quantitative estimate of drug-likeness (QED) is 0.649. The lowest BCUT2D eigenvalue weighted by molar-refractivity contribution is -0.134. The molecule has 0 unspecified atom stereocenters. The van der Waals surface area contributed by atoms with Gasteiger partial charge in [-0.05, 0) is 57.2 Å². The summed E-state index contributed by atoms with van der Waals surface area (Å²) in [4.78, 5) is 31.8. The van der Waals surface area contributed by atoms with Crippen LogP contribution in [0.1, 0.15) is 73.9 Å². The van der Waals surface area contributed by atoms with Crippen LogP contribution >= 0.6 is 0 Å². The number of aryl methyl sites for hydroxylation is 1. The van der Waals surface area contributed by atoms with Gasteiger partial charge in [-0.25, -0.2) is 0 Å². The Morgan fingerprint density at radius 3 is 2.52 bits per heavy atom. The molecule has 4 rings (SSSR count). The maximum Gasteiger partial charge on any atom is 0.260 e. The molecular weight excluding hydrogens is 424 g/mol. The fourth-order valence-corrected chi connectivity index (χ4v) is 4.58. The number of likely N-dealkylation sites (tertiary alicyclic amines) is 1. The van der Waals surface area contributed by atoms with Crippen LogP contribution in [0.2, 0.25) is 0 Å². The lowest BCUT2D eigenvalue weighted by atomic mass is 9.96. The van der Waals surface area contributed by atoms with Crippen LogP contribution in [0.4, 0.5) is 0 Å². The van der Waals surface area contributed by atoms with Gasteiger partial charge >= 0.3 is 0 Å². The molecule has 1 aliphatic heterocycles. The third-order valence-electron chi connectivity index (χ3n) is 6.33. The number of carbonyl (C=O) groups is 2. The molecular formula is C24H32N4O5. The molecule has 2 aromatic rings. The van der Waals surface area contributed by atoms with Crippen LogP contribution < -0.4 is 14.8 Å². The van der Waals surface area contributed by atoms with E-state index in [2.05, 4.69) is 15.5 Å². The van der Waals surface area contributed by atoms with E-state index in [-0.39, 0.29) is 18.4 Å². The van der Waals surface area contributed by atoms with Gasteiger partial charge in [0.25, 0.3) is 11.8 Å². The summed E-state index contributed by atoms with van der Waals surface area (Å²) in [6.45, 7) is 5.52. The zero-order valence-electron chi connectivity index (χ0n) is 19.4. The Balaban J connectivity index is 1.46. The van der Waals surface area contributed by atoms with Crippen molar-refractivity contribution in [2.75, 3.05) is 26.3 Å². The fourth-order valence-electron chi connectivity index (χ4n) is 4.58. The van der Waals surface area contributed by atoms with Crippen LogP contribution in [-0.2, 0) is 10.3 Å². The lowest BCUT2D eigenvalue weighted by Gasteiger charge is -2.27. The van der Waals surface area contributed by atoms with Crippen molar-refractivity contribution in [3.63, 3.8) is 0 Å². The van der Waals surface area contributed by atoms with Gasteiger partial charge in [0.05, 0.1) is 6.61 Å². The molecule has 2 aliphatic rings. The highest BCUT2D eigenvalue weighted by molar-refractivity contribution is 5.95. The molecule has 1 saturated heterocycles. The number of rotatable bonds is 8. The van der Waals surface area contributed by atoms with E-state index in [1.807, 2.05) is 11.8 Å². The third-order valence-corrected chi connectivity index (χ3v) is 6.33. The molecule has 1 aliphatic carbocycles. The van der Waals surface area contributed by atoms with Gasteiger partial charge in [0.2, 0.25) is 5.89 Å². The van der Waals surface area contributed by atoms with Gasteiger partial charge in [-0.3, -0.25) is 9.59 Å². The second kappa shape index (κ2) is 10.2. The van der Waals surface area contributed by atoms with Crippen LogP contribution in [0.5, 0.6) is 11.5 Å². The van der Waals surface area contributed by atoms with Crippen molar-refractivity contribution in [3.05, 3.63) is 35.5 Å². The minimum absolute atomic E-state index is 0.0300. The first-order valence-electron chi connectivity index (χ1n) is 11.8. The standard InChI is InChI=1S/C24H32N4O5/c1-3-31-20-15-18(9-10-19(20)32-16-21(29)28-13-7-4-8-14-28)22(30)26-24(11-5-6-12-24)23-25-17(2)33-27-23/h9-10,15H,3-8,11-14,16H2,1-2H3,(H,26,30). The molecule has 178 valence electrons. The first-order chi connectivity index (χ1) is 16.0. The zero-order chi connectivity index (χ0) is 23.3. The second-order valence-electron chi connectivity index (χ2n) is 8.70. The second-order valence-corrected chi connectivity index (χ2v) is 8.70. The van der Waals surface area contributed by atoms with E-state index in [1.165, 1.54) is 0 Å². The monoisotopic (exact) mass is 456 g/mol. The Morgan fingerprint density at radius 1 is 1.09 bits per heavy atom. The van der Waals surface area contributed by atoms with Gasteiger partial charge in [0, 0.05) is 25.6 Å². The highest BCUT2D eigenvalue weighted by Gasteiger charge is 2.41. The van der Waals surface area contributed by atoms with E-state index in [1.54, 1.807) is 25.1 Å². The number of carbonyl (C=O) groups excluding carboxylic acids is 2. The van der Waals surface area contributed by atoms with Gasteiger partial charge < -0.3 is 24.2 Å². The largest absolute Gasteiger partial charge is 0.490 e. The van der Waals surface area contributed by atoms with E-state index in [9.17, 15) is 9.59 Å². The number of aromatic nitrogens is 2. The average molecular weight is 457 g/mol. The van der Waals surface area contributed by atoms with Crippen LogP contribution in [0.3, 0.4) is 0 Å². The van der Waals surface area contributed by atoms with Gasteiger partial charge in [-0.1, -0.05) is 18.0 Å². The molecule has 2 fully saturated rings. The molecule has 1 N–H and O–H groups in total. The summed E-state index contributed by atoms with van der Waals surface area (Å²) >= 11 is 0. The van der Waals surface area contributed by atoms with Crippen molar-refractivity contribution in [1.82, 2.24) is 20.4 Å². The molecule has 1 aromatic carbocycles. The Kier molecular flexibility index (Phi) is 7.15. The normalized spacial score (nSPS) is 17.6. The lowest BCUT2D eigenvalue weighted by Crippen LogP contribution is -2.44. The number of benzene rings is 1. The summed E-state index contributed by atoms with van der Waals surface area (Å²) < 4.78 is 16.7. The van der Waals surface area contributed by atoms with Gasteiger partial charge in [0.1, 0.15) is 5.54 Å². The molecule has 0 radical (unpaired) electrons. The number of piperidine rings is 1. The molecule has 2 amide bonds. The molecule has 0 bridgehead atoms. The summed E-state index contributed by atoms with van der Waals surface area (Å²) in [7, 11) is 0. The highest BCUT2D eigenvalue weighted by Crippen LogP contribution is 2.38. The Bertz CT molecular complexity index is 977. The maximum atomic E-state index is 13.2. The van der Waals surface area contributed by atoms with Gasteiger partial charge in [-0.2, -0.15) is 4.98 Å². The molecule has 0 atom stereocenters. The van der Waals surface area contributed by atoms with Crippen molar-refractivity contribution in [2.24, 2.45) is 0 Å². The van der Waals surface area contributed by atoms with E-state index in [4.69, 9.17) is 14.0 Å². The molecule has 9 nitrogen and oxygen atoms in total. The number of nitrogens with zero attached hydrogens (tertiary/aromatic N) is 3. The number of hydrogen-bond acceptors (Lipinski definition) is 7. The van der Waals surface area contributed by atoms with Crippen molar-refractivity contribution < 1.29 is 23.6 Å². The predicted molar refractivity (Wildman–Crippen MR) is 120 cm³/mol. The molecule has 1 aromatic heterocycles. The van der Waals surface area contributed by atoms with Gasteiger partial charge in [0.15, 0.2) is 23.9 Å². The summed E-state index contributed by atoms with van der Waals surface area (Å²) in [6, 6.07) is 5.02. The van der Waals surface area contributed by atoms with Crippen LogP contribution in [-0.4, -0.2) is 53.2 Å². The summed E-state index contributed by atoms with van der Waals surface area (Å²) in [6.07, 6.45) is 6.71. The first kappa shape index (κ1) is 23.1. The molecule has 1 saturated carbocycles. The highest BCUT2D eigenvalue weighted by atomic mass is 16.5. The maximum absolute atomic E-state index is 13.2. The van der Waals surface area contributed by atoms with Crippen molar-refractivity contribution in [3.8, 4) is 11.5 Å². The van der Waals surface area contributed by atoms with E-state index in [0.29, 0.717) is 35.4 Å². The Labute approximate surface area is 193 Å². The van der Waals surface area contributed by atoms with Crippen molar-refractivity contribution in [2.45, 2.75) is 64.3 Å². The Morgan fingerprint density at radius 2 is 1.85 bits per heavy atom. The SMILES string of the molecule is CCOc1cc(C(=O)NC2(c3noc(C)n3)CCCC2)ccc1OCC(=O)N1CCCCC1. The number of amides is 2. The summed E-state index contributed by atoms with van der Waals surface area (Å²) in [5.41, 5.74) is -0.184. The van der Waals surface area contributed by atoms with Crippen molar-refractivity contribution >= 4 is 11.8 Å². The van der Waals surface area contributed by atoms with Crippen LogP contribution in [0.15, 0.2) is 22.7 Å². The molecule has 2 heterocycles. The predicted octanol–water partition coefficient (Wildman–Crippen LogP) is 3.37. The molecule has 9 heteroatoms. The third kappa shape index (κ3) is 5.29. The topological polar surface area (TPSA) is 107 Å². The summed E-state index contributed by atoms with van der Waals surface area (Å²) in [5.74, 6) is 1.61. The first-order valence-corrected chi connectivity index (χ1v) is 11.8. The number of ether oxygens (including phenoxy) is 2. The minimum Gasteiger partial charge on any atom is -0.490 e. The average Bonchev–Trinajstić information content (AvgIpc) is 3.48. The molecule has 0 spiro atoms. The Hall–Kier alpha value is -3.10. The van der Waals surface area contributed by atoms with E-state index < -0.39 is 5.54 Å². The molecule has 33 heavy (non-hydrogen) atoms. The van der Waals surface area contributed by atoms with Gasteiger partial charge in [-0.15, -0.1) is 0 Å². The van der Waals surface area contributed by atoms with E-state index >= 15 is 0 Å². The van der Waals surface area contributed by atoms with E-state index in [0.717, 1.165) is 58.0 Å². The van der Waals surface area contributed by atoms with Crippen molar-refractivity contribution in [1.29, 1.82) is 0 Å². The minimum atomic E-state index is -0.628. The summed E-state index contributed by atoms with van der Waals surface area (Å²) in [5, 5.41) is 7.21.